The Hall–Kier alpha value is -3.90. The van der Waals surface area contributed by atoms with Crippen molar-refractivity contribution in [3.8, 4) is 11.3 Å². The topological polar surface area (TPSA) is 58.4 Å². The average Bonchev–Trinajstić information content (AvgIpc) is 3.43. The van der Waals surface area contributed by atoms with Crippen LogP contribution in [0.3, 0.4) is 0 Å². The van der Waals surface area contributed by atoms with Crippen LogP contribution in [0.2, 0.25) is 0 Å². The van der Waals surface area contributed by atoms with Crippen molar-refractivity contribution in [2.75, 3.05) is 10.6 Å². The second-order valence-electron chi connectivity index (χ2n) is 7.85. The third kappa shape index (κ3) is 4.81. The molecule has 2 aromatic heterocycles. The molecule has 0 atom stereocenters. The number of nitrogens with zero attached hydrogens (tertiary/aromatic N) is 2. The molecule has 0 fully saturated rings. The molecular formula is C27H24N4OS. The van der Waals surface area contributed by atoms with E-state index in [1.54, 1.807) is 11.3 Å². The molecule has 5 aromatic rings. The minimum absolute atomic E-state index is 0.0546. The molecule has 0 radical (unpaired) electrons. The number of para-hydroxylation sites is 1. The van der Waals surface area contributed by atoms with Gasteiger partial charge in [-0.3, -0.25) is 9.20 Å². The van der Waals surface area contributed by atoms with Gasteiger partial charge in [0.1, 0.15) is 0 Å². The van der Waals surface area contributed by atoms with E-state index in [1.165, 1.54) is 5.56 Å². The molecule has 3 aromatic carbocycles. The number of imidazole rings is 1. The maximum absolute atomic E-state index is 12.7. The molecule has 0 unspecified atom stereocenters. The van der Waals surface area contributed by atoms with Gasteiger partial charge in [-0.1, -0.05) is 49.4 Å². The summed E-state index contributed by atoms with van der Waals surface area (Å²) in [6.07, 6.45) is 3.32. The highest BCUT2D eigenvalue weighted by Crippen LogP contribution is 2.25. The zero-order chi connectivity index (χ0) is 22.6. The number of benzene rings is 3. The molecule has 0 saturated heterocycles. The minimum atomic E-state index is -0.0546. The third-order valence-corrected chi connectivity index (χ3v) is 6.40. The van der Waals surface area contributed by atoms with Gasteiger partial charge in [-0.15, -0.1) is 11.3 Å². The molecule has 33 heavy (non-hydrogen) atoms. The lowest BCUT2D eigenvalue weighted by molar-refractivity contribution is -0.115. The number of hydrogen-bond acceptors (Lipinski definition) is 4. The minimum Gasteiger partial charge on any atom is -0.356 e. The van der Waals surface area contributed by atoms with Crippen LogP contribution in [0.4, 0.5) is 17.1 Å². The molecule has 0 aliphatic carbocycles. The van der Waals surface area contributed by atoms with E-state index < -0.39 is 0 Å². The molecule has 0 spiro atoms. The van der Waals surface area contributed by atoms with Gasteiger partial charge in [-0.05, 0) is 48.4 Å². The fraction of sp³-hybridized carbons (Fsp3) is 0.111. The van der Waals surface area contributed by atoms with Gasteiger partial charge >= 0.3 is 0 Å². The van der Waals surface area contributed by atoms with E-state index in [4.69, 9.17) is 4.98 Å². The Morgan fingerprint density at radius 2 is 1.61 bits per heavy atom. The number of thiazole rings is 1. The van der Waals surface area contributed by atoms with Crippen LogP contribution in [0.5, 0.6) is 0 Å². The Kier molecular flexibility index (Phi) is 5.91. The molecule has 6 heteroatoms. The smallest absolute Gasteiger partial charge is 0.230 e. The second-order valence-corrected chi connectivity index (χ2v) is 8.69. The van der Waals surface area contributed by atoms with Crippen molar-refractivity contribution in [3.63, 3.8) is 0 Å². The van der Waals surface area contributed by atoms with Crippen LogP contribution in [0.25, 0.3) is 16.2 Å². The maximum Gasteiger partial charge on any atom is 0.230 e. The molecule has 0 saturated carbocycles. The van der Waals surface area contributed by atoms with E-state index in [2.05, 4.69) is 41.8 Å². The lowest BCUT2D eigenvalue weighted by Crippen LogP contribution is -2.15. The van der Waals surface area contributed by atoms with E-state index in [9.17, 15) is 4.79 Å². The van der Waals surface area contributed by atoms with Gasteiger partial charge in [-0.25, -0.2) is 4.98 Å². The summed E-state index contributed by atoms with van der Waals surface area (Å²) in [5.41, 5.74) is 7.01. The Balaban J connectivity index is 1.25. The first-order valence-corrected chi connectivity index (χ1v) is 11.8. The van der Waals surface area contributed by atoms with Crippen LogP contribution in [-0.2, 0) is 17.6 Å². The largest absolute Gasteiger partial charge is 0.356 e. The van der Waals surface area contributed by atoms with E-state index in [0.29, 0.717) is 0 Å². The van der Waals surface area contributed by atoms with Gasteiger partial charge in [-0.2, -0.15) is 0 Å². The average molecular weight is 453 g/mol. The number of carbonyl (C=O) groups excluding carboxylic acids is 1. The first kappa shape index (κ1) is 21.0. The summed E-state index contributed by atoms with van der Waals surface area (Å²) in [7, 11) is 0. The molecule has 164 valence electrons. The van der Waals surface area contributed by atoms with Gasteiger partial charge < -0.3 is 10.6 Å². The highest BCUT2D eigenvalue weighted by molar-refractivity contribution is 7.15. The number of anilines is 3. The van der Waals surface area contributed by atoms with Crippen LogP contribution in [0.15, 0.2) is 90.4 Å². The van der Waals surface area contributed by atoms with Crippen molar-refractivity contribution < 1.29 is 4.79 Å². The SMILES string of the molecule is CCc1ccc(-c2cn3c(CC(=O)Nc4ccc(Nc5ccccc5)cc4)csc3n2)cc1. The summed E-state index contributed by atoms with van der Waals surface area (Å²) in [6, 6.07) is 26.2. The predicted molar refractivity (Wildman–Crippen MR) is 136 cm³/mol. The Morgan fingerprint density at radius 3 is 2.33 bits per heavy atom. The number of fused-ring (bicyclic) bond motifs is 1. The number of aromatic nitrogens is 2. The van der Waals surface area contributed by atoms with Gasteiger partial charge in [0.15, 0.2) is 4.96 Å². The lowest BCUT2D eigenvalue weighted by Gasteiger charge is -2.08. The highest BCUT2D eigenvalue weighted by Gasteiger charge is 2.13. The van der Waals surface area contributed by atoms with E-state index >= 15 is 0 Å². The third-order valence-electron chi connectivity index (χ3n) is 5.51. The van der Waals surface area contributed by atoms with Crippen molar-refractivity contribution >= 4 is 39.3 Å². The highest BCUT2D eigenvalue weighted by atomic mass is 32.1. The van der Waals surface area contributed by atoms with Crippen molar-refractivity contribution in [3.05, 3.63) is 102 Å². The van der Waals surface area contributed by atoms with Crippen molar-refractivity contribution in [1.82, 2.24) is 9.38 Å². The van der Waals surface area contributed by atoms with E-state index in [0.717, 1.165) is 45.4 Å². The number of amides is 1. The molecule has 5 rings (SSSR count). The summed E-state index contributed by atoms with van der Waals surface area (Å²) in [6.45, 7) is 2.15. The summed E-state index contributed by atoms with van der Waals surface area (Å²) >= 11 is 1.55. The standard InChI is InChI=1S/C27H24N4OS/c1-2-19-8-10-20(11-9-19)25-17-31-24(18-33-27(31)30-25)16-26(32)29-23-14-12-22(13-15-23)28-21-6-4-3-5-7-21/h3-15,17-18,28H,2,16H2,1H3,(H,29,32). The van der Waals surface area contributed by atoms with Crippen molar-refractivity contribution in [2.24, 2.45) is 0 Å². The number of nitrogens with one attached hydrogen (secondary N) is 2. The van der Waals surface area contributed by atoms with Crippen LogP contribution in [0.1, 0.15) is 18.2 Å². The summed E-state index contributed by atoms with van der Waals surface area (Å²) in [4.78, 5) is 18.3. The molecule has 0 bridgehead atoms. The Labute approximate surface area is 196 Å². The van der Waals surface area contributed by atoms with Crippen LogP contribution in [0, 0.1) is 0 Å². The maximum atomic E-state index is 12.7. The van der Waals surface area contributed by atoms with Crippen LogP contribution in [-0.4, -0.2) is 15.3 Å². The van der Waals surface area contributed by atoms with Gasteiger partial charge in [0.05, 0.1) is 12.1 Å². The fourth-order valence-corrected chi connectivity index (χ4v) is 4.57. The number of carbonyl (C=O) groups is 1. The van der Waals surface area contributed by atoms with Crippen molar-refractivity contribution in [2.45, 2.75) is 19.8 Å². The Bertz CT molecular complexity index is 1370. The predicted octanol–water partition coefficient (Wildman–Crippen LogP) is 6.55. The van der Waals surface area contributed by atoms with Gasteiger partial charge in [0, 0.05) is 39.9 Å². The van der Waals surface area contributed by atoms with Crippen molar-refractivity contribution in [1.29, 1.82) is 0 Å². The number of rotatable bonds is 7. The fourth-order valence-electron chi connectivity index (χ4n) is 3.70. The van der Waals surface area contributed by atoms with Gasteiger partial charge in [0.2, 0.25) is 5.91 Å². The molecule has 1 amide bonds. The molecule has 0 aliphatic rings. The Morgan fingerprint density at radius 1 is 0.909 bits per heavy atom. The normalized spacial score (nSPS) is 10.9. The second kappa shape index (κ2) is 9.30. The first-order chi connectivity index (χ1) is 16.2. The van der Waals surface area contributed by atoms with Gasteiger partial charge in [0.25, 0.3) is 0 Å². The molecular weight excluding hydrogens is 428 g/mol. The molecule has 2 N–H and O–H groups in total. The van der Waals surface area contributed by atoms with E-state index in [1.807, 2.05) is 70.6 Å². The molecule has 2 heterocycles. The lowest BCUT2D eigenvalue weighted by atomic mass is 10.1. The van der Waals surface area contributed by atoms with Crippen LogP contribution >= 0.6 is 11.3 Å². The number of hydrogen-bond donors (Lipinski definition) is 2. The zero-order valence-electron chi connectivity index (χ0n) is 18.3. The molecule has 5 nitrogen and oxygen atoms in total. The number of aryl methyl sites for hydroxylation is 1. The monoisotopic (exact) mass is 452 g/mol. The summed E-state index contributed by atoms with van der Waals surface area (Å²) in [5.74, 6) is -0.0546. The van der Waals surface area contributed by atoms with E-state index in [-0.39, 0.29) is 12.3 Å². The first-order valence-electron chi connectivity index (χ1n) is 10.9. The summed E-state index contributed by atoms with van der Waals surface area (Å²) in [5, 5.41) is 8.33. The van der Waals surface area contributed by atoms with Crippen LogP contribution < -0.4 is 10.6 Å². The zero-order valence-corrected chi connectivity index (χ0v) is 19.1. The quantitative estimate of drug-likeness (QED) is 0.294. The molecule has 0 aliphatic heterocycles. The summed E-state index contributed by atoms with van der Waals surface area (Å²) < 4.78 is 2.01.